The Morgan fingerprint density at radius 2 is 2.62 bits per heavy atom. The number of hydrogen-bond acceptors (Lipinski definition) is 2. The topological polar surface area (TPSA) is 12.9 Å². The fourth-order valence-corrected chi connectivity index (χ4v) is 1.06. The SMILES string of the molecule is C/C=C/c1nccs1. The molecular formula is C6H7NS. The van der Waals surface area contributed by atoms with Crippen LogP contribution in [-0.2, 0) is 0 Å². The number of hydrogen-bond donors (Lipinski definition) is 0. The zero-order valence-corrected chi connectivity index (χ0v) is 5.48. The van der Waals surface area contributed by atoms with E-state index in [0.717, 1.165) is 5.01 Å². The lowest BCUT2D eigenvalue weighted by atomic mass is 10.5. The normalized spacial score (nSPS) is 10.6. The quantitative estimate of drug-likeness (QED) is 0.560. The van der Waals surface area contributed by atoms with Gasteiger partial charge in [0.25, 0.3) is 0 Å². The molecule has 1 rings (SSSR count). The largest absolute Gasteiger partial charge is 0.245 e. The highest BCUT2D eigenvalue weighted by molar-refractivity contribution is 7.10. The smallest absolute Gasteiger partial charge is 0.115 e. The fraction of sp³-hybridized carbons (Fsp3) is 0.167. The zero-order valence-electron chi connectivity index (χ0n) is 4.66. The van der Waals surface area contributed by atoms with Crippen LogP contribution in [0.15, 0.2) is 17.7 Å². The van der Waals surface area contributed by atoms with Gasteiger partial charge in [0.1, 0.15) is 5.01 Å². The van der Waals surface area contributed by atoms with Crippen molar-refractivity contribution >= 4 is 17.4 Å². The van der Waals surface area contributed by atoms with Crippen molar-refractivity contribution in [2.75, 3.05) is 0 Å². The van der Waals surface area contributed by atoms with Gasteiger partial charge in [-0.25, -0.2) is 4.98 Å². The van der Waals surface area contributed by atoms with Gasteiger partial charge >= 0.3 is 0 Å². The maximum atomic E-state index is 4.04. The van der Waals surface area contributed by atoms with E-state index in [4.69, 9.17) is 0 Å². The number of nitrogens with zero attached hydrogens (tertiary/aromatic N) is 1. The van der Waals surface area contributed by atoms with E-state index in [2.05, 4.69) is 4.98 Å². The minimum Gasteiger partial charge on any atom is -0.245 e. The van der Waals surface area contributed by atoms with E-state index in [9.17, 15) is 0 Å². The predicted octanol–water partition coefficient (Wildman–Crippen LogP) is 2.18. The molecule has 0 aliphatic carbocycles. The van der Waals surface area contributed by atoms with E-state index in [1.165, 1.54) is 0 Å². The summed E-state index contributed by atoms with van der Waals surface area (Å²) >= 11 is 1.65. The molecule has 1 aromatic heterocycles. The summed E-state index contributed by atoms with van der Waals surface area (Å²) in [6.45, 7) is 1.99. The second kappa shape index (κ2) is 2.62. The van der Waals surface area contributed by atoms with Crippen LogP contribution in [0.1, 0.15) is 11.9 Å². The standard InChI is InChI=1S/C6H7NS/c1-2-3-6-7-4-5-8-6/h2-5H,1H3/b3-2+. The molecule has 0 saturated heterocycles. The first-order valence-electron chi connectivity index (χ1n) is 2.45. The van der Waals surface area contributed by atoms with Crippen LogP contribution in [0, 0.1) is 0 Å². The summed E-state index contributed by atoms with van der Waals surface area (Å²) in [6, 6.07) is 0. The molecule has 0 N–H and O–H groups in total. The Morgan fingerprint density at radius 1 is 1.75 bits per heavy atom. The summed E-state index contributed by atoms with van der Waals surface area (Å²) < 4.78 is 0. The molecule has 42 valence electrons. The average molecular weight is 125 g/mol. The van der Waals surface area contributed by atoms with Crippen molar-refractivity contribution in [1.29, 1.82) is 0 Å². The van der Waals surface area contributed by atoms with Crippen LogP contribution in [0.4, 0.5) is 0 Å². The monoisotopic (exact) mass is 125 g/mol. The van der Waals surface area contributed by atoms with Crippen LogP contribution in [-0.4, -0.2) is 4.98 Å². The third kappa shape index (κ3) is 1.17. The van der Waals surface area contributed by atoms with Gasteiger partial charge < -0.3 is 0 Å². The number of thiazole rings is 1. The van der Waals surface area contributed by atoms with E-state index in [1.54, 1.807) is 17.5 Å². The van der Waals surface area contributed by atoms with Gasteiger partial charge in [0.15, 0.2) is 0 Å². The molecule has 8 heavy (non-hydrogen) atoms. The van der Waals surface area contributed by atoms with Crippen LogP contribution in [0.5, 0.6) is 0 Å². The van der Waals surface area contributed by atoms with Crippen LogP contribution >= 0.6 is 11.3 Å². The van der Waals surface area contributed by atoms with Crippen molar-refractivity contribution in [3.05, 3.63) is 22.7 Å². The first kappa shape index (κ1) is 5.51. The molecule has 1 heterocycles. The molecule has 0 unspecified atom stereocenters. The molecular weight excluding hydrogens is 118 g/mol. The van der Waals surface area contributed by atoms with Crippen molar-refractivity contribution < 1.29 is 0 Å². The Bertz CT molecular complexity index is 165. The lowest BCUT2D eigenvalue weighted by Crippen LogP contribution is -1.60. The highest BCUT2D eigenvalue weighted by atomic mass is 32.1. The second-order valence-electron chi connectivity index (χ2n) is 1.37. The lowest BCUT2D eigenvalue weighted by Gasteiger charge is -1.73. The Balaban J connectivity index is 2.77. The Hall–Kier alpha value is -0.630. The van der Waals surface area contributed by atoms with Gasteiger partial charge in [0, 0.05) is 11.6 Å². The van der Waals surface area contributed by atoms with E-state index >= 15 is 0 Å². The van der Waals surface area contributed by atoms with Crippen molar-refractivity contribution in [1.82, 2.24) is 4.98 Å². The highest BCUT2D eigenvalue weighted by Gasteiger charge is 1.82. The van der Waals surface area contributed by atoms with E-state index in [0.29, 0.717) is 0 Å². The maximum Gasteiger partial charge on any atom is 0.115 e. The van der Waals surface area contributed by atoms with E-state index in [-0.39, 0.29) is 0 Å². The molecule has 0 spiro atoms. The number of aromatic nitrogens is 1. The summed E-state index contributed by atoms with van der Waals surface area (Å²) in [7, 11) is 0. The number of rotatable bonds is 1. The summed E-state index contributed by atoms with van der Waals surface area (Å²) in [5.41, 5.74) is 0. The van der Waals surface area contributed by atoms with Crippen LogP contribution < -0.4 is 0 Å². The molecule has 0 amide bonds. The molecule has 0 aliphatic heterocycles. The maximum absolute atomic E-state index is 4.04. The molecule has 0 saturated carbocycles. The van der Waals surface area contributed by atoms with E-state index in [1.807, 2.05) is 24.5 Å². The van der Waals surface area contributed by atoms with Gasteiger partial charge in [0.05, 0.1) is 0 Å². The average Bonchev–Trinajstić information content (AvgIpc) is 2.19. The minimum absolute atomic E-state index is 1.08. The molecule has 0 atom stereocenters. The summed E-state index contributed by atoms with van der Waals surface area (Å²) in [4.78, 5) is 4.04. The van der Waals surface area contributed by atoms with Gasteiger partial charge in [-0.1, -0.05) is 6.08 Å². The molecule has 1 aromatic rings. The molecule has 0 radical (unpaired) electrons. The molecule has 0 bridgehead atoms. The third-order valence-corrected chi connectivity index (χ3v) is 1.50. The minimum atomic E-state index is 1.08. The molecule has 0 aliphatic rings. The third-order valence-electron chi connectivity index (χ3n) is 0.761. The fourth-order valence-electron chi connectivity index (χ4n) is 0.459. The van der Waals surface area contributed by atoms with Gasteiger partial charge in [-0.05, 0) is 13.0 Å². The van der Waals surface area contributed by atoms with Crippen molar-refractivity contribution in [2.24, 2.45) is 0 Å². The molecule has 1 nitrogen and oxygen atoms in total. The molecule has 0 fully saturated rings. The van der Waals surface area contributed by atoms with Crippen LogP contribution in [0.2, 0.25) is 0 Å². The number of allylic oxidation sites excluding steroid dienone is 1. The first-order chi connectivity index (χ1) is 3.93. The van der Waals surface area contributed by atoms with Crippen LogP contribution in [0.3, 0.4) is 0 Å². The molecule has 2 heteroatoms. The Kier molecular flexibility index (Phi) is 1.80. The van der Waals surface area contributed by atoms with Gasteiger partial charge in [-0.15, -0.1) is 11.3 Å². The highest BCUT2D eigenvalue weighted by Crippen LogP contribution is 2.04. The first-order valence-corrected chi connectivity index (χ1v) is 3.33. The van der Waals surface area contributed by atoms with Crippen molar-refractivity contribution in [2.45, 2.75) is 6.92 Å². The van der Waals surface area contributed by atoms with E-state index < -0.39 is 0 Å². The van der Waals surface area contributed by atoms with Crippen LogP contribution in [0.25, 0.3) is 6.08 Å². The van der Waals surface area contributed by atoms with Gasteiger partial charge in [-0.3, -0.25) is 0 Å². The predicted molar refractivity (Wildman–Crippen MR) is 36.8 cm³/mol. The second-order valence-corrected chi connectivity index (χ2v) is 2.30. The summed E-state index contributed by atoms with van der Waals surface area (Å²) in [6.07, 6.45) is 5.78. The Labute approximate surface area is 52.7 Å². The lowest BCUT2D eigenvalue weighted by molar-refractivity contribution is 1.39. The zero-order chi connectivity index (χ0) is 5.82. The molecule has 0 aromatic carbocycles. The Morgan fingerprint density at radius 3 is 3.12 bits per heavy atom. The summed E-state index contributed by atoms with van der Waals surface area (Å²) in [5, 5.41) is 3.04. The van der Waals surface area contributed by atoms with Crippen molar-refractivity contribution in [3.8, 4) is 0 Å². The van der Waals surface area contributed by atoms with Gasteiger partial charge in [0.2, 0.25) is 0 Å². The van der Waals surface area contributed by atoms with Crippen molar-refractivity contribution in [3.63, 3.8) is 0 Å². The van der Waals surface area contributed by atoms with Gasteiger partial charge in [-0.2, -0.15) is 0 Å². The summed E-state index contributed by atoms with van der Waals surface area (Å²) in [5.74, 6) is 0.